The number of benzene rings is 4. The summed E-state index contributed by atoms with van der Waals surface area (Å²) in [5.41, 5.74) is 0. The smallest absolute Gasteiger partial charge is 1.00 e. The Hall–Kier alpha value is -2.09. The van der Waals surface area contributed by atoms with Gasteiger partial charge >= 0.3 is 26.2 Å². The molecule has 5 aromatic rings. The van der Waals surface area contributed by atoms with Crippen LogP contribution in [0.1, 0.15) is 6.42 Å². The van der Waals surface area contributed by atoms with Crippen LogP contribution < -0.4 is 35.2 Å². The van der Waals surface area contributed by atoms with Crippen molar-refractivity contribution in [3.63, 3.8) is 0 Å². The van der Waals surface area contributed by atoms with Gasteiger partial charge in [-0.2, -0.15) is 0 Å². The molecule has 0 aromatic heterocycles. The van der Waals surface area contributed by atoms with Crippen molar-refractivity contribution >= 4 is 40.7 Å². The molecule has 0 amide bonds. The van der Waals surface area contributed by atoms with Gasteiger partial charge in [-0.25, -0.2) is 0 Å². The molecule has 1 radical (unpaired) electrons. The SMILES string of the molecule is C1=CCC([SiH](c2ccccc2)c2ccccc2)=C1.[Cl-].[Cl-].[Zr+3].c1ccc2c(c1)[cH-]c1ccccc12. The molecule has 0 saturated heterocycles. The largest absolute Gasteiger partial charge is 3.00 e. The van der Waals surface area contributed by atoms with E-state index in [1.807, 2.05) is 0 Å². The summed E-state index contributed by atoms with van der Waals surface area (Å²) in [5, 5.41) is 10.0. The molecule has 0 N–H and O–H groups in total. The first-order chi connectivity index (χ1) is 15.4. The van der Waals surface area contributed by atoms with Gasteiger partial charge in [-0.05, 0) is 6.42 Å². The molecule has 0 atom stereocenters. The van der Waals surface area contributed by atoms with Crippen LogP contribution in [0.25, 0.3) is 21.5 Å². The summed E-state index contributed by atoms with van der Waals surface area (Å²) in [6, 6.07) is 41.2. The molecule has 0 heterocycles. The number of halogens is 2. The molecular formula is C30H25Cl2SiZr. The van der Waals surface area contributed by atoms with E-state index in [0.717, 1.165) is 6.42 Å². The van der Waals surface area contributed by atoms with E-state index in [1.54, 1.807) is 5.20 Å². The quantitative estimate of drug-likeness (QED) is 0.213. The standard InChI is InChI=1S/C17H16Si.C13H9.2ClH.Zr/c1-3-9-15(10-4-1)18(17-13-7-8-14-17)16-11-5-2-6-12-16;1-3-7-12-10(5-1)9-11-6-2-4-8-13(11)12;;;/h1-13,18H,14H2;1-9H;2*1H;/q;-1;;;+3/p-2. The molecular weight excluding hydrogens is 551 g/mol. The van der Waals surface area contributed by atoms with Crippen LogP contribution in [0.15, 0.2) is 139 Å². The molecule has 1 aliphatic rings. The minimum Gasteiger partial charge on any atom is -1.00 e. The molecule has 0 saturated carbocycles. The fourth-order valence-corrected chi connectivity index (χ4v) is 7.62. The van der Waals surface area contributed by atoms with E-state index in [4.69, 9.17) is 0 Å². The van der Waals surface area contributed by atoms with Gasteiger partial charge in [-0.3, -0.25) is 0 Å². The van der Waals surface area contributed by atoms with Crippen molar-refractivity contribution in [2.45, 2.75) is 6.42 Å². The van der Waals surface area contributed by atoms with Gasteiger partial charge in [-0.15, -0.1) is 39.7 Å². The molecule has 34 heavy (non-hydrogen) atoms. The van der Waals surface area contributed by atoms with Gasteiger partial charge in [0, 0.05) is 0 Å². The Kier molecular flexibility index (Phi) is 11.4. The van der Waals surface area contributed by atoms with Crippen molar-refractivity contribution in [2.75, 3.05) is 0 Å². The van der Waals surface area contributed by atoms with Crippen LogP contribution in [0.3, 0.4) is 0 Å². The summed E-state index contributed by atoms with van der Waals surface area (Å²) >= 11 is 0. The molecule has 0 nitrogen and oxygen atoms in total. The van der Waals surface area contributed by atoms with Crippen LogP contribution >= 0.6 is 0 Å². The van der Waals surface area contributed by atoms with Gasteiger partial charge in [0.15, 0.2) is 0 Å². The monoisotopic (exact) mass is 573 g/mol. The Bertz CT molecular complexity index is 1270. The zero-order valence-corrected chi connectivity index (χ0v) is 23.9. The van der Waals surface area contributed by atoms with Crippen LogP contribution in [-0.4, -0.2) is 8.80 Å². The van der Waals surface area contributed by atoms with Gasteiger partial charge in [0.2, 0.25) is 0 Å². The van der Waals surface area contributed by atoms with E-state index in [9.17, 15) is 0 Å². The molecule has 4 heteroatoms. The minimum absolute atomic E-state index is 0. The first-order valence-electron chi connectivity index (χ1n) is 10.9. The predicted octanol–water partition coefficient (Wildman–Crippen LogP) is 0.171. The molecule has 5 aromatic carbocycles. The maximum atomic E-state index is 2.32. The Morgan fingerprint density at radius 3 is 1.44 bits per heavy atom. The fraction of sp³-hybridized carbons (Fsp3) is 0.0333. The number of hydrogen-bond acceptors (Lipinski definition) is 0. The van der Waals surface area contributed by atoms with Gasteiger partial charge in [0.1, 0.15) is 8.80 Å². The van der Waals surface area contributed by atoms with E-state index >= 15 is 0 Å². The van der Waals surface area contributed by atoms with Crippen molar-refractivity contribution in [3.05, 3.63) is 139 Å². The summed E-state index contributed by atoms with van der Waals surface area (Å²) in [6.45, 7) is 0. The molecule has 0 unspecified atom stereocenters. The summed E-state index contributed by atoms with van der Waals surface area (Å²) in [6.07, 6.45) is 7.90. The average Bonchev–Trinajstić information content (AvgIpc) is 3.49. The Labute approximate surface area is 235 Å². The third-order valence-electron chi connectivity index (χ3n) is 5.96. The van der Waals surface area contributed by atoms with Gasteiger partial charge in [0.05, 0.1) is 0 Å². The molecule has 0 spiro atoms. The second-order valence-electron chi connectivity index (χ2n) is 7.95. The van der Waals surface area contributed by atoms with Crippen LogP contribution in [0.4, 0.5) is 0 Å². The van der Waals surface area contributed by atoms with Crippen molar-refractivity contribution < 1.29 is 51.0 Å². The fourth-order valence-electron chi connectivity index (χ4n) is 4.49. The third kappa shape index (κ3) is 6.32. The average molecular weight is 576 g/mol. The Morgan fingerprint density at radius 2 is 1.00 bits per heavy atom. The summed E-state index contributed by atoms with van der Waals surface area (Å²) in [4.78, 5) is 0. The van der Waals surface area contributed by atoms with E-state index < -0.39 is 8.80 Å². The number of rotatable bonds is 3. The molecule has 0 fully saturated rings. The van der Waals surface area contributed by atoms with Crippen molar-refractivity contribution in [1.29, 1.82) is 0 Å². The summed E-state index contributed by atoms with van der Waals surface area (Å²) in [7, 11) is -1.20. The van der Waals surface area contributed by atoms with Crippen molar-refractivity contribution in [2.24, 2.45) is 0 Å². The van der Waals surface area contributed by atoms with Gasteiger partial charge < -0.3 is 24.8 Å². The van der Waals surface area contributed by atoms with Gasteiger partial charge in [0.25, 0.3) is 0 Å². The zero-order chi connectivity index (χ0) is 20.9. The van der Waals surface area contributed by atoms with Crippen molar-refractivity contribution in [3.8, 4) is 0 Å². The van der Waals surface area contributed by atoms with Gasteiger partial charge in [-0.1, -0.05) is 131 Å². The minimum atomic E-state index is -1.20. The van der Waals surface area contributed by atoms with Crippen molar-refractivity contribution in [1.82, 2.24) is 0 Å². The van der Waals surface area contributed by atoms with Crippen LogP contribution in [0, 0.1) is 0 Å². The maximum absolute atomic E-state index is 2.32. The first-order valence-corrected chi connectivity index (χ1v) is 12.6. The van der Waals surface area contributed by atoms with E-state index in [-0.39, 0.29) is 51.0 Å². The van der Waals surface area contributed by atoms with Crippen LogP contribution in [-0.2, 0) is 26.2 Å². The number of hydrogen-bond donors (Lipinski definition) is 0. The zero-order valence-electron chi connectivity index (χ0n) is 18.7. The first kappa shape index (κ1) is 28.1. The predicted molar refractivity (Wildman–Crippen MR) is 138 cm³/mol. The second kappa shape index (κ2) is 13.7. The molecule has 6 rings (SSSR count). The molecule has 0 aliphatic heterocycles. The second-order valence-corrected chi connectivity index (χ2v) is 10.9. The van der Waals surface area contributed by atoms with Crippen LogP contribution in [0.2, 0.25) is 0 Å². The topological polar surface area (TPSA) is 0 Å². The third-order valence-corrected chi connectivity index (χ3v) is 9.23. The molecule has 0 bridgehead atoms. The summed E-state index contributed by atoms with van der Waals surface area (Å²) < 4.78 is 0. The number of allylic oxidation sites excluding steroid dienone is 4. The maximum Gasteiger partial charge on any atom is 3.00 e. The summed E-state index contributed by atoms with van der Waals surface area (Å²) in [5.74, 6) is 0. The Morgan fingerprint density at radius 1 is 0.559 bits per heavy atom. The number of fused-ring (bicyclic) bond motifs is 3. The molecule has 167 valence electrons. The Balaban J connectivity index is 0.000000229. The normalized spacial score (nSPS) is 11.6. The van der Waals surface area contributed by atoms with E-state index in [1.165, 1.54) is 31.9 Å². The van der Waals surface area contributed by atoms with E-state index in [0.29, 0.717) is 0 Å². The van der Waals surface area contributed by atoms with E-state index in [2.05, 4.69) is 133 Å². The molecule has 1 aliphatic carbocycles. The van der Waals surface area contributed by atoms with Crippen LogP contribution in [0.5, 0.6) is 0 Å².